The minimum atomic E-state index is -1.41. The molecule has 1 rings (SSSR count). The highest BCUT2D eigenvalue weighted by Gasteiger charge is 2.18. The van der Waals surface area contributed by atoms with Crippen molar-refractivity contribution in [2.45, 2.75) is 6.42 Å². The second-order valence-corrected chi connectivity index (χ2v) is 3.00. The number of allylic oxidation sites excluding steroid dienone is 4. The maximum atomic E-state index is 11.0. The molecule has 0 amide bonds. The lowest BCUT2D eigenvalue weighted by Crippen LogP contribution is -2.16. The third-order valence-corrected chi connectivity index (χ3v) is 2.22. The van der Waals surface area contributed by atoms with Crippen LogP contribution in [0.1, 0.15) is 6.42 Å². The molecule has 13 heavy (non-hydrogen) atoms. The SMILES string of the molecule is O=C(O)C(=O)C1=CC=CC(=CBr)C1. The van der Waals surface area contributed by atoms with Crippen LogP contribution in [0.4, 0.5) is 0 Å². The minimum Gasteiger partial charge on any atom is -0.475 e. The van der Waals surface area contributed by atoms with Gasteiger partial charge in [-0.15, -0.1) is 0 Å². The smallest absolute Gasteiger partial charge is 0.376 e. The van der Waals surface area contributed by atoms with Crippen LogP contribution in [0.5, 0.6) is 0 Å². The molecule has 0 aliphatic heterocycles. The van der Waals surface area contributed by atoms with Crippen LogP contribution >= 0.6 is 15.9 Å². The highest BCUT2D eigenvalue weighted by Crippen LogP contribution is 2.19. The van der Waals surface area contributed by atoms with Crippen molar-refractivity contribution < 1.29 is 14.7 Å². The number of halogens is 1. The van der Waals surface area contributed by atoms with E-state index in [9.17, 15) is 9.59 Å². The predicted molar refractivity (Wildman–Crippen MR) is 51.5 cm³/mol. The van der Waals surface area contributed by atoms with Crippen LogP contribution in [-0.4, -0.2) is 16.9 Å². The van der Waals surface area contributed by atoms with Crippen LogP contribution in [-0.2, 0) is 9.59 Å². The number of carbonyl (C=O) groups is 2. The average Bonchev–Trinajstić information content (AvgIpc) is 2.16. The van der Waals surface area contributed by atoms with Gasteiger partial charge < -0.3 is 5.11 Å². The summed E-state index contributed by atoms with van der Waals surface area (Å²) in [6, 6.07) is 0. The summed E-state index contributed by atoms with van der Waals surface area (Å²) in [7, 11) is 0. The molecule has 0 atom stereocenters. The monoisotopic (exact) mass is 242 g/mol. The van der Waals surface area contributed by atoms with Crippen LogP contribution in [0.3, 0.4) is 0 Å². The summed E-state index contributed by atoms with van der Waals surface area (Å²) in [6.07, 6.45) is 5.36. The first-order valence-corrected chi connectivity index (χ1v) is 4.51. The Kier molecular flexibility index (Phi) is 3.19. The zero-order valence-electron chi connectivity index (χ0n) is 6.66. The fourth-order valence-corrected chi connectivity index (χ4v) is 1.31. The normalized spacial score (nSPS) is 18.5. The first-order valence-electron chi connectivity index (χ1n) is 3.59. The van der Waals surface area contributed by atoms with Gasteiger partial charge in [-0.05, 0) is 10.6 Å². The van der Waals surface area contributed by atoms with Gasteiger partial charge >= 0.3 is 5.97 Å². The van der Waals surface area contributed by atoms with Gasteiger partial charge in [-0.1, -0.05) is 34.2 Å². The molecule has 0 spiro atoms. The molecule has 0 fully saturated rings. The Morgan fingerprint density at radius 2 is 2.23 bits per heavy atom. The third-order valence-electron chi connectivity index (χ3n) is 1.63. The van der Waals surface area contributed by atoms with Crippen LogP contribution in [0, 0.1) is 0 Å². The van der Waals surface area contributed by atoms with E-state index in [1.165, 1.54) is 6.08 Å². The molecule has 0 aromatic carbocycles. The standard InChI is InChI=1S/C9H7BrO3/c10-5-6-2-1-3-7(4-6)8(11)9(12)13/h1-3,5H,4H2,(H,12,13). The van der Waals surface area contributed by atoms with E-state index in [1.807, 2.05) is 6.08 Å². The number of carboxylic acids is 1. The van der Waals surface area contributed by atoms with Crippen molar-refractivity contribution in [2.75, 3.05) is 0 Å². The van der Waals surface area contributed by atoms with Crippen molar-refractivity contribution in [2.24, 2.45) is 0 Å². The van der Waals surface area contributed by atoms with E-state index in [0.29, 0.717) is 12.0 Å². The quantitative estimate of drug-likeness (QED) is 0.752. The van der Waals surface area contributed by atoms with Crippen molar-refractivity contribution in [3.8, 4) is 0 Å². The molecule has 0 aromatic heterocycles. The zero-order valence-corrected chi connectivity index (χ0v) is 8.24. The van der Waals surface area contributed by atoms with Gasteiger partial charge in [-0.2, -0.15) is 0 Å². The molecule has 0 saturated carbocycles. The van der Waals surface area contributed by atoms with Crippen LogP contribution < -0.4 is 0 Å². The van der Waals surface area contributed by atoms with Crippen molar-refractivity contribution >= 4 is 27.7 Å². The van der Waals surface area contributed by atoms with Crippen molar-refractivity contribution in [1.29, 1.82) is 0 Å². The van der Waals surface area contributed by atoms with E-state index in [1.54, 1.807) is 11.1 Å². The molecule has 0 saturated heterocycles. The van der Waals surface area contributed by atoms with Gasteiger partial charge in [0.05, 0.1) is 0 Å². The lowest BCUT2D eigenvalue weighted by Gasteiger charge is -2.07. The fourth-order valence-electron chi connectivity index (χ4n) is 0.994. The van der Waals surface area contributed by atoms with Crippen molar-refractivity contribution in [3.05, 3.63) is 34.4 Å². The lowest BCUT2D eigenvalue weighted by molar-refractivity contribution is -0.147. The Morgan fingerprint density at radius 3 is 2.77 bits per heavy atom. The zero-order chi connectivity index (χ0) is 9.84. The number of hydrogen-bond acceptors (Lipinski definition) is 2. The van der Waals surface area contributed by atoms with Crippen LogP contribution in [0.25, 0.3) is 0 Å². The molecule has 4 heteroatoms. The maximum absolute atomic E-state index is 11.0. The van der Waals surface area contributed by atoms with Gasteiger partial charge in [0, 0.05) is 12.0 Å². The molecule has 68 valence electrons. The summed E-state index contributed by atoms with van der Waals surface area (Å²) in [4.78, 5) is 23.0. The number of rotatable bonds is 2. The van der Waals surface area contributed by atoms with E-state index in [0.717, 1.165) is 5.57 Å². The average molecular weight is 243 g/mol. The van der Waals surface area contributed by atoms with Gasteiger partial charge in [0.25, 0.3) is 5.78 Å². The van der Waals surface area contributed by atoms with E-state index in [4.69, 9.17) is 5.11 Å². The molecule has 0 radical (unpaired) electrons. The largest absolute Gasteiger partial charge is 0.475 e. The maximum Gasteiger partial charge on any atom is 0.376 e. The summed E-state index contributed by atoms with van der Waals surface area (Å²) in [6.45, 7) is 0. The molecular formula is C9H7BrO3. The van der Waals surface area contributed by atoms with E-state index < -0.39 is 11.8 Å². The molecule has 1 aliphatic rings. The summed E-state index contributed by atoms with van der Waals surface area (Å²) >= 11 is 3.13. The highest BCUT2D eigenvalue weighted by molar-refractivity contribution is 9.11. The van der Waals surface area contributed by atoms with Crippen molar-refractivity contribution in [3.63, 3.8) is 0 Å². The van der Waals surface area contributed by atoms with E-state index in [-0.39, 0.29) is 0 Å². The summed E-state index contributed by atoms with van der Waals surface area (Å²) in [5, 5.41) is 8.45. The third kappa shape index (κ3) is 2.39. The first kappa shape index (κ1) is 9.92. The van der Waals surface area contributed by atoms with Crippen molar-refractivity contribution in [1.82, 2.24) is 0 Å². The number of carbonyl (C=O) groups excluding carboxylic acids is 1. The number of carboxylic acid groups (broad SMARTS) is 1. The molecular weight excluding hydrogens is 236 g/mol. The summed E-state index contributed by atoms with van der Waals surface area (Å²) in [5.41, 5.74) is 1.19. The Labute approximate surface area is 83.6 Å². The van der Waals surface area contributed by atoms with Crippen LogP contribution in [0.15, 0.2) is 34.4 Å². The number of Topliss-reactive ketones (excluding diaryl/α,β-unsaturated/α-hetero) is 1. The van der Waals surface area contributed by atoms with Gasteiger partial charge in [0.1, 0.15) is 0 Å². The molecule has 0 unspecified atom stereocenters. The molecule has 0 aromatic rings. The van der Waals surface area contributed by atoms with Gasteiger partial charge in [0.15, 0.2) is 0 Å². The Hall–Kier alpha value is -1.16. The molecule has 1 N–H and O–H groups in total. The Bertz CT molecular complexity index is 337. The van der Waals surface area contributed by atoms with E-state index >= 15 is 0 Å². The van der Waals surface area contributed by atoms with Crippen LogP contribution in [0.2, 0.25) is 0 Å². The highest BCUT2D eigenvalue weighted by atomic mass is 79.9. The Morgan fingerprint density at radius 1 is 1.54 bits per heavy atom. The topological polar surface area (TPSA) is 54.4 Å². The predicted octanol–water partition coefficient (Wildman–Crippen LogP) is 1.81. The lowest BCUT2D eigenvalue weighted by atomic mass is 9.98. The molecule has 0 heterocycles. The first-order chi connectivity index (χ1) is 6.15. The van der Waals surface area contributed by atoms with Gasteiger partial charge in [-0.3, -0.25) is 4.79 Å². The summed E-state index contributed by atoms with van der Waals surface area (Å²) < 4.78 is 0. The van der Waals surface area contributed by atoms with E-state index in [2.05, 4.69) is 15.9 Å². The number of ketones is 1. The molecule has 0 bridgehead atoms. The number of aliphatic carboxylic acids is 1. The molecule has 3 nitrogen and oxygen atoms in total. The fraction of sp³-hybridized carbons (Fsp3) is 0.111. The Balaban J connectivity index is 2.85. The van der Waals surface area contributed by atoms with Gasteiger partial charge in [0.2, 0.25) is 0 Å². The second-order valence-electron chi connectivity index (χ2n) is 2.55. The summed E-state index contributed by atoms with van der Waals surface area (Å²) in [5.74, 6) is -2.24. The second kappa shape index (κ2) is 4.18. The van der Waals surface area contributed by atoms with Gasteiger partial charge in [-0.25, -0.2) is 4.79 Å². The molecule has 1 aliphatic carbocycles. The minimum absolute atomic E-state index is 0.306. The number of hydrogen-bond donors (Lipinski definition) is 1.